The summed E-state index contributed by atoms with van der Waals surface area (Å²) in [5, 5.41) is 3.43. The molecular weight excluding hydrogens is 246 g/mol. The first-order valence-electron chi connectivity index (χ1n) is 4.91. The summed E-state index contributed by atoms with van der Waals surface area (Å²) < 4.78 is 41.9. The van der Waals surface area contributed by atoms with Crippen molar-refractivity contribution in [1.29, 1.82) is 0 Å². The SMILES string of the molecule is COc1c(F)cc(F)c(-c2cc(N)no2)c1OC. The summed E-state index contributed by atoms with van der Waals surface area (Å²) in [6.07, 6.45) is 0. The molecule has 2 aromatic rings. The van der Waals surface area contributed by atoms with E-state index >= 15 is 0 Å². The van der Waals surface area contributed by atoms with E-state index in [1.165, 1.54) is 20.3 Å². The Hall–Kier alpha value is -2.31. The molecule has 0 amide bonds. The van der Waals surface area contributed by atoms with E-state index < -0.39 is 11.6 Å². The Morgan fingerprint density at radius 2 is 1.78 bits per heavy atom. The lowest BCUT2D eigenvalue weighted by molar-refractivity contribution is 0.333. The van der Waals surface area contributed by atoms with E-state index in [4.69, 9.17) is 19.7 Å². The number of aromatic nitrogens is 1. The monoisotopic (exact) mass is 256 g/mol. The Morgan fingerprint density at radius 3 is 2.28 bits per heavy atom. The topological polar surface area (TPSA) is 70.5 Å². The summed E-state index contributed by atoms with van der Waals surface area (Å²) in [4.78, 5) is 0. The number of hydrogen-bond acceptors (Lipinski definition) is 5. The lowest BCUT2D eigenvalue weighted by Crippen LogP contribution is -1.98. The van der Waals surface area contributed by atoms with Crippen LogP contribution in [0.4, 0.5) is 14.6 Å². The van der Waals surface area contributed by atoms with Crippen LogP contribution in [0.5, 0.6) is 11.5 Å². The van der Waals surface area contributed by atoms with Gasteiger partial charge in [-0.1, -0.05) is 5.16 Å². The van der Waals surface area contributed by atoms with Crippen LogP contribution in [0.25, 0.3) is 11.3 Å². The molecule has 0 aliphatic carbocycles. The van der Waals surface area contributed by atoms with E-state index in [1.54, 1.807) is 0 Å². The third kappa shape index (κ3) is 1.83. The second-order valence-electron chi connectivity index (χ2n) is 3.40. The average Bonchev–Trinajstić information content (AvgIpc) is 2.74. The van der Waals surface area contributed by atoms with E-state index in [0.29, 0.717) is 6.07 Å². The van der Waals surface area contributed by atoms with Crippen molar-refractivity contribution in [2.45, 2.75) is 0 Å². The van der Waals surface area contributed by atoms with Crippen molar-refractivity contribution in [3.05, 3.63) is 23.8 Å². The van der Waals surface area contributed by atoms with Gasteiger partial charge in [0.05, 0.1) is 14.2 Å². The van der Waals surface area contributed by atoms with E-state index in [2.05, 4.69) is 5.16 Å². The molecule has 0 atom stereocenters. The molecule has 0 bridgehead atoms. The number of methoxy groups -OCH3 is 2. The highest BCUT2D eigenvalue weighted by Crippen LogP contribution is 2.42. The molecule has 0 aliphatic rings. The lowest BCUT2D eigenvalue weighted by atomic mass is 10.1. The van der Waals surface area contributed by atoms with Gasteiger partial charge in [0.1, 0.15) is 11.4 Å². The summed E-state index contributed by atoms with van der Waals surface area (Å²) in [7, 11) is 2.51. The molecule has 0 aliphatic heterocycles. The molecule has 0 saturated heterocycles. The standard InChI is InChI=1S/C11H10F2N2O3/c1-16-10-6(13)3-5(12)9(11(10)17-2)7-4-8(14)15-18-7/h3-4H,1-2H3,(H2,14,15). The van der Waals surface area contributed by atoms with Crippen molar-refractivity contribution in [1.82, 2.24) is 5.16 Å². The van der Waals surface area contributed by atoms with Crippen LogP contribution in [0.2, 0.25) is 0 Å². The first kappa shape index (κ1) is 12.2. The molecule has 1 aromatic carbocycles. The highest BCUT2D eigenvalue weighted by Gasteiger charge is 2.24. The number of hydrogen-bond donors (Lipinski definition) is 1. The molecule has 0 unspecified atom stereocenters. The first-order chi connectivity index (χ1) is 8.58. The summed E-state index contributed by atoms with van der Waals surface area (Å²) in [5.74, 6) is -1.96. The van der Waals surface area contributed by atoms with Gasteiger partial charge in [-0.15, -0.1) is 0 Å². The van der Waals surface area contributed by atoms with Gasteiger partial charge in [0.2, 0.25) is 0 Å². The molecule has 1 aromatic heterocycles. The van der Waals surface area contributed by atoms with Gasteiger partial charge in [-0.05, 0) is 0 Å². The number of ether oxygens (including phenoxy) is 2. The van der Waals surface area contributed by atoms with Gasteiger partial charge < -0.3 is 19.7 Å². The molecule has 1 heterocycles. The summed E-state index contributed by atoms with van der Waals surface area (Å²) in [6, 6.07) is 1.98. The minimum absolute atomic E-state index is 0.0279. The van der Waals surface area contributed by atoms with E-state index in [1.807, 2.05) is 0 Å². The van der Waals surface area contributed by atoms with Gasteiger partial charge in [0.15, 0.2) is 28.9 Å². The maximum absolute atomic E-state index is 13.8. The van der Waals surface area contributed by atoms with Gasteiger partial charge in [-0.2, -0.15) is 0 Å². The predicted octanol–water partition coefficient (Wildman–Crippen LogP) is 2.22. The molecule has 5 nitrogen and oxygen atoms in total. The van der Waals surface area contributed by atoms with Crippen LogP contribution < -0.4 is 15.2 Å². The van der Waals surface area contributed by atoms with Gasteiger partial charge in [0, 0.05) is 12.1 Å². The first-order valence-corrected chi connectivity index (χ1v) is 4.91. The van der Waals surface area contributed by atoms with Crippen LogP contribution in [-0.4, -0.2) is 19.4 Å². The Morgan fingerprint density at radius 1 is 1.11 bits per heavy atom. The van der Waals surface area contributed by atoms with Crippen molar-refractivity contribution >= 4 is 5.82 Å². The van der Waals surface area contributed by atoms with Crippen LogP contribution in [0.15, 0.2) is 16.7 Å². The predicted molar refractivity (Wildman–Crippen MR) is 59.4 cm³/mol. The lowest BCUT2D eigenvalue weighted by Gasteiger charge is -2.12. The summed E-state index contributed by atoms with van der Waals surface area (Å²) in [6.45, 7) is 0. The number of halogens is 2. The van der Waals surface area contributed by atoms with Crippen LogP contribution in [0, 0.1) is 11.6 Å². The molecule has 0 fully saturated rings. The quantitative estimate of drug-likeness (QED) is 0.911. The molecule has 0 spiro atoms. The maximum Gasteiger partial charge on any atom is 0.197 e. The maximum atomic E-state index is 13.8. The third-order valence-electron chi connectivity index (χ3n) is 2.33. The fourth-order valence-electron chi connectivity index (χ4n) is 1.60. The Bertz CT molecular complexity index is 584. The minimum atomic E-state index is -0.872. The zero-order valence-corrected chi connectivity index (χ0v) is 9.66. The van der Waals surface area contributed by atoms with Gasteiger partial charge in [0.25, 0.3) is 0 Å². The number of anilines is 1. The molecule has 96 valence electrons. The Balaban J connectivity index is 2.73. The number of benzene rings is 1. The number of nitrogens with two attached hydrogens (primary N) is 1. The van der Waals surface area contributed by atoms with Crippen LogP contribution >= 0.6 is 0 Å². The van der Waals surface area contributed by atoms with Crippen molar-refractivity contribution in [2.75, 3.05) is 20.0 Å². The Labute approximate surface area is 101 Å². The number of nitrogens with zero attached hydrogens (tertiary/aromatic N) is 1. The van der Waals surface area contributed by atoms with Crippen molar-refractivity contribution in [3.63, 3.8) is 0 Å². The van der Waals surface area contributed by atoms with Crippen LogP contribution in [0.3, 0.4) is 0 Å². The largest absolute Gasteiger partial charge is 0.492 e. The van der Waals surface area contributed by atoms with Crippen molar-refractivity contribution in [2.24, 2.45) is 0 Å². The molecule has 7 heteroatoms. The highest BCUT2D eigenvalue weighted by molar-refractivity contribution is 5.72. The van der Waals surface area contributed by atoms with Gasteiger partial charge >= 0.3 is 0 Å². The van der Waals surface area contributed by atoms with Gasteiger partial charge in [-0.3, -0.25) is 0 Å². The van der Waals surface area contributed by atoms with E-state index in [0.717, 1.165) is 0 Å². The Kier molecular flexibility index (Phi) is 3.05. The molecule has 0 radical (unpaired) electrons. The summed E-state index contributed by atoms with van der Waals surface area (Å²) in [5.41, 5.74) is 5.29. The zero-order valence-electron chi connectivity index (χ0n) is 9.66. The van der Waals surface area contributed by atoms with Crippen LogP contribution in [-0.2, 0) is 0 Å². The van der Waals surface area contributed by atoms with Crippen molar-refractivity contribution < 1.29 is 22.8 Å². The molecule has 0 saturated carbocycles. The average molecular weight is 256 g/mol. The second kappa shape index (κ2) is 4.52. The van der Waals surface area contributed by atoms with E-state index in [-0.39, 0.29) is 28.6 Å². The second-order valence-corrected chi connectivity index (χ2v) is 3.40. The van der Waals surface area contributed by atoms with Gasteiger partial charge in [-0.25, -0.2) is 8.78 Å². The van der Waals surface area contributed by atoms with Crippen LogP contribution in [0.1, 0.15) is 0 Å². The third-order valence-corrected chi connectivity index (χ3v) is 2.33. The van der Waals surface area contributed by atoms with Crippen molar-refractivity contribution in [3.8, 4) is 22.8 Å². The molecule has 2 rings (SSSR count). The molecule has 2 N–H and O–H groups in total. The fourth-order valence-corrected chi connectivity index (χ4v) is 1.60. The number of nitrogen functional groups attached to an aromatic ring is 1. The summed E-state index contributed by atoms with van der Waals surface area (Å²) >= 11 is 0. The molecule has 18 heavy (non-hydrogen) atoms. The normalized spacial score (nSPS) is 10.4. The smallest absolute Gasteiger partial charge is 0.197 e. The zero-order chi connectivity index (χ0) is 13.3. The number of rotatable bonds is 3. The molecular formula is C11H10F2N2O3. The van der Waals surface area contributed by atoms with E-state index in [9.17, 15) is 8.78 Å². The highest BCUT2D eigenvalue weighted by atomic mass is 19.1. The minimum Gasteiger partial charge on any atom is -0.492 e. The fraction of sp³-hybridized carbons (Fsp3) is 0.182.